The first-order valence-corrected chi connectivity index (χ1v) is 7.24. The number of rotatable bonds is 4. The molecule has 1 N–H and O–H groups in total. The molecule has 1 aromatic carbocycles. The number of fused-ring (bicyclic) bond motifs is 3. The van der Waals surface area contributed by atoms with E-state index in [-0.39, 0.29) is 0 Å². The largest absolute Gasteiger partial charge is 0.370 e. The van der Waals surface area contributed by atoms with Crippen LogP contribution in [0.15, 0.2) is 36.5 Å². The molecule has 0 saturated heterocycles. The number of nitrogens with zero attached hydrogens (tertiary/aromatic N) is 2. The van der Waals surface area contributed by atoms with Crippen molar-refractivity contribution in [3.63, 3.8) is 0 Å². The van der Waals surface area contributed by atoms with E-state index in [1.54, 1.807) is 0 Å². The SMILES string of the molecule is CCCc1cc2ccc3ncccc3c2nc1NCC. The van der Waals surface area contributed by atoms with E-state index in [0.717, 1.165) is 41.6 Å². The molecule has 0 amide bonds. The van der Waals surface area contributed by atoms with E-state index in [1.165, 1.54) is 10.9 Å². The Hall–Kier alpha value is -2.16. The van der Waals surface area contributed by atoms with Gasteiger partial charge in [0, 0.05) is 23.5 Å². The average molecular weight is 265 g/mol. The molecule has 3 nitrogen and oxygen atoms in total. The number of benzene rings is 1. The molecule has 3 heteroatoms. The Morgan fingerprint density at radius 2 is 2.05 bits per heavy atom. The van der Waals surface area contributed by atoms with Crippen molar-refractivity contribution in [2.45, 2.75) is 26.7 Å². The summed E-state index contributed by atoms with van der Waals surface area (Å²) in [4.78, 5) is 9.27. The fourth-order valence-corrected chi connectivity index (χ4v) is 2.62. The zero-order chi connectivity index (χ0) is 13.9. The first-order valence-electron chi connectivity index (χ1n) is 7.24. The minimum absolute atomic E-state index is 0.887. The van der Waals surface area contributed by atoms with Gasteiger partial charge in [-0.1, -0.05) is 19.4 Å². The highest BCUT2D eigenvalue weighted by Crippen LogP contribution is 2.27. The van der Waals surface area contributed by atoms with Crippen molar-refractivity contribution in [1.82, 2.24) is 9.97 Å². The van der Waals surface area contributed by atoms with E-state index in [2.05, 4.69) is 48.4 Å². The van der Waals surface area contributed by atoms with Crippen LogP contribution in [0.2, 0.25) is 0 Å². The van der Waals surface area contributed by atoms with Gasteiger partial charge in [0.2, 0.25) is 0 Å². The highest BCUT2D eigenvalue weighted by atomic mass is 15.0. The maximum absolute atomic E-state index is 4.86. The lowest BCUT2D eigenvalue weighted by molar-refractivity contribution is 0.916. The Morgan fingerprint density at radius 3 is 2.85 bits per heavy atom. The number of aromatic nitrogens is 2. The molecule has 102 valence electrons. The van der Waals surface area contributed by atoms with Crippen LogP contribution < -0.4 is 5.32 Å². The van der Waals surface area contributed by atoms with Crippen LogP contribution in [0.4, 0.5) is 5.82 Å². The summed E-state index contributed by atoms with van der Waals surface area (Å²) in [6.07, 6.45) is 4.00. The van der Waals surface area contributed by atoms with Crippen molar-refractivity contribution < 1.29 is 0 Å². The first-order chi connectivity index (χ1) is 9.83. The van der Waals surface area contributed by atoms with Gasteiger partial charge in [0.15, 0.2) is 0 Å². The van der Waals surface area contributed by atoms with E-state index in [0.29, 0.717) is 0 Å². The normalized spacial score (nSPS) is 11.1. The molecule has 3 rings (SSSR count). The minimum Gasteiger partial charge on any atom is -0.370 e. The van der Waals surface area contributed by atoms with Crippen LogP contribution in [0.1, 0.15) is 25.8 Å². The maximum atomic E-state index is 4.86. The molecule has 0 atom stereocenters. The van der Waals surface area contributed by atoms with Gasteiger partial charge in [-0.15, -0.1) is 0 Å². The molecule has 20 heavy (non-hydrogen) atoms. The average Bonchev–Trinajstić information content (AvgIpc) is 2.48. The summed E-state index contributed by atoms with van der Waals surface area (Å²) >= 11 is 0. The van der Waals surface area contributed by atoms with E-state index in [4.69, 9.17) is 4.98 Å². The maximum Gasteiger partial charge on any atom is 0.129 e. The molecule has 0 fully saturated rings. The highest BCUT2D eigenvalue weighted by Gasteiger charge is 2.08. The minimum atomic E-state index is 0.887. The smallest absolute Gasteiger partial charge is 0.129 e. The monoisotopic (exact) mass is 265 g/mol. The molecule has 0 saturated carbocycles. The van der Waals surface area contributed by atoms with Gasteiger partial charge in [0.1, 0.15) is 5.82 Å². The van der Waals surface area contributed by atoms with Gasteiger partial charge in [-0.05, 0) is 43.2 Å². The number of hydrogen-bond donors (Lipinski definition) is 1. The fraction of sp³-hybridized carbons (Fsp3) is 0.294. The quantitative estimate of drug-likeness (QED) is 0.719. The fourth-order valence-electron chi connectivity index (χ4n) is 2.62. The van der Waals surface area contributed by atoms with Crippen molar-refractivity contribution in [2.24, 2.45) is 0 Å². The van der Waals surface area contributed by atoms with Crippen LogP contribution >= 0.6 is 0 Å². The molecule has 0 aliphatic rings. The number of anilines is 1. The highest BCUT2D eigenvalue weighted by molar-refractivity contribution is 6.04. The number of pyridine rings is 2. The van der Waals surface area contributed by atoms with Gasteiger partial charge < -0.3 is 5.32 Å². The predicted molar refractivity (Wildman–Crippen MR) is 85.2 cm³/mol. The van der Waals surface area contributed by atoms with Crippen LogP contribution in [0.5, 0.6) is 0 Å². The standard InChI is InChI=1S/C17H19N3/c1-3-6-13-11-12-8-9-15-14(7-5-10-19-15)16(12)20-17(13)18-4-2/h5,7-11H,3-4,6H2,1-2H3,(H,18,20). The van der Waals surface area contributed by atoms with Crippen LogP contribution in [0.25, 0.3) is 21.8 Å². The molecule has 0 bridgehead atoms. The van der Waals surface area contributed by atoms with Gasteiger partial charge in [-0.3, -0.25) is 4.98 Å². The van der Waals surface area contributed by atoms with Gasteiger partial charge in [0.25, 0.3) is 0 Å². The molecular formula is C17H19N3. The van der Waals surface area contributed by atoms with Crippen LogP contribution in [-0.2, 0) is 6.42 Å². The molecular weight excluding hydrogens is 246 g/mol. The van der Waals surface area contributed by atoms with Crippen molar-refractivity contribution in [3.05, 3.63) is 42.1 Å². The van der Waals surface area contributed by atoms with Crippen molar-refractivity contribution in [1.29, 1.82) is 0 Å². The molecule has 2 aromatic heterocycles. The lowest BCUT2D eigenvalue weighted by Gasteiger charge is -2.12. The molecule has 3 aromatic rings. The second-order valence-electron chi connectivity index (χ2n) is 4.98. The van der Waals surface area contributed by atoms with E-state index < -0.39 is 0 Å². The van der Waals surface area contributed by atoms with E-state index in [9.17, 15) is 0 Å². The zero-order valence-corrected chi connectivity index (χ0v) is 12.0. The predicted octanol–water partition coefficient (Wildman–Crippen LogP) is 4.17. The third kappa shape index (κ3) is 2.20. The number of aryl methyl sites for hydroxylation is 1. The third-order valence-electron chi connectivity index (χ3n) is 3.51. The molecule has 0 spiro atoms. The second-order valence-corrected chi connectivity index (χ2v) is 4.98. The molecule has 0 aliphatic heterocycles. The van der Waals surface area contributed by atoms with Crippen molar-refractivity contribution >= 4 is 27.6 Å². The first kappa shape index (κ1) is 12.9. The Labute approximate surface area is 119 Å². The number of nitrogens with one attached hydrogen (secondary N) is 1. The summed E-state index contributed by atoms with van der Waals surface area (Å²) in [5.41, 5.74) is 3.33. The summed E-state index contributed by atoms with van der Waals surface area (Å²) in [7, 11) is 0. The summed E-state index contributed by atoms with van der Waals surface area (Å²) in [6, 6.07) is 10.5. The van der Waals surface area contributed by atoms with Crippen LogP contribution in [0.3, 0.4) is 0 Å². The third-order valence-corrected chi connectivity index (χ3v) is 3.51. The summed E-state index contributed by atoms with van der Waals surface area (Å²) in [6.45, 7) is 5.19. The van der Waals surface area contributed by atoms with Gasteiger partial charge >= 0.3 is 0 Å². The summed E-state index contributed by atoms with van der Waals surface area (Å²) in [5, 5.41) is 5.69. The molecule has 0 unspecified atom stereocenters. The Balaban J connectivity index is 2.29. The topological polar surface area (TPSA) is 37.8 Å². The second kappa shape index (κ2) is 5.45. The van der Waals surface area contributed by atoms with E-state index in [1.807, 2.05) is 12.3 Å². The Kier molecular flexibility index (Phi) is 3.50. The number of hydrogen-bond acceptors (Lipinski definition) is 3. The Morgan fingerprint density at radius 1 is 1.15 bits per heavy atom. The lowest BCUT2D eigenvalue weighted by atomic mass is 10.1. The van der Waals surface area contributed by atoms with Gasteiger partial charge in [0.05, 0.1) is 11.0 Å². The van der Waals surface area contributed by atoms with Gasteiger partial charge in [-0.2, -0.15) is 0 Å². The molecule has 0 radical (unpaired) electrons. The Bertz CT molecular complexity index is 750. The summed E-state index contributed by atoms with van der Waals surface area (Å²) < 4.78 is 0. The summed E-state index contributed by atoms with van der Waals surface area (Å²) in [5.74, 6) is 1.01. The molecule has 2 heterocycles. The lowest BCUT2D eigenvalue weighted by Crippen LogP contribution is -2.04. The van der Waals surface area contributed by atoms with Crippen molar-refractivity contribution in [3.8, 4) is 0 Å². The van der Waals surface area contributed by atoms with Crippen molar-refractivity contribution in [2.75, 3.05) is 11.9 Å². The van der Waals surface area contributed by atoms with Crippen LogP contribution in [-0.4, -0.2) is 16.5 Å². The van der Waals surface area contributed by atoms with E-state index >= 15 is 0 Å². The van der Waals surface area contributed by atoms with Gasteiger partial charge in [-0.25, -0.2) is 4.98 Å². The van der Waals surface area contributed by atoms with Crippen LogP contribution in [0, 0.1) is 0 Å². The molecule has 0 aliphatic carbocycles. The zero-order valence-electron chi connectivity index (χ0n) is 12.0.